The normalized spacial score (nSPS) is 30.4. The van der Waals surface area contributed by atoms with Crippen LogP contribution < -0.4 is 5.73 Å². The van der Waals surface area contributed by atoms with Gasteiger partial charge >= 0.3 is 0 Å². The van der Waals surface area contributed by atoms with E-state index in [0.717, 1.165) is 12.6 Å². The van der Waals surface area contributed by atoms with Crippen LogP contribution in [0.1, 0.15) is 64.7 Å². The monoisotopic (exact) mass is 238 g/mol. The van der Waals surface area contributed by atoms with Crippen LogP contribution in [0.3, 0.4) is 0 Å². The molecule has 0 amide bonds. The van der Waals surface area contributed by atoms with Crippen molar-refractivity contribution in [1.29, 1.82) is 0 Å². The number of hydrogen-bond acceptors (Lipinski definition) is 2. The van der Waals surface area contributed by atoms with Crippen LogP contribution in [0, 0.1) is 5.41 Å². The van der Waals surface area contributed by atoms with E-state index in [9.17, 15) is 0 Å². The van der Waals surface area contributed by atoms with Crippen LogP contribution in [0.5, 0.6) is 0 Å². The maximum absolute atomic E-state index is 6.15. The predicted octanol–water partition coefficient (Wildman–Crippen LogP) is 3.16. The number of nitrogens with zero attached hydrogens (tertiary/aromatic N) is 1. The topological polar surface area (TPSA) is 29.3 Å². The van der Waals surface area contributed by atoms with Crippen molar-refractivity contribution in [3.05, 3.63) is 0 Å². The minimum Gasteiger partial charge on any atom is -0.330 e. The Morgan fingerprint density at radius 3 is 2.41 bits per heavy atom. The molecule has 2 heteroatoms. The second kappa shape index (κ2) is 6.19. The van der Waals surface area contributed by atoms with E-state index in [2.05, 4.69) is 11.8 Å². The maximum atomic E-state index is 6.15. The van der Waals surface area contributed by atoms with Crippen molar-refractivity contribution >= 4 is 0 Å². The van der Waals surface area contributed by atoms with Crippen molar-refractivity contribution in [3.8, 4) is 0 Å². The molecule has 1 heterocycles. The average Bonchev–Trinajstić information content (AvgIpc) is 2.66. The average molecular weight is 238 g/mol. The molecule has 0 aromatic rings. The van der Waals surface area contributed by atoms with Crippen molar-refractivity contribution < 1.29 is 0 Å². The molecular weight excluding hydrogens is 208 g/mol. The van der Waals surface area contributed by atoms with Crippen LogP contribution in [0.15, 0.2) is 0 Å². The van der Waals surface area contributed by atoms with E-state index in [4.69, 9.17) is 5.73 Å². The van der Waals surface area contributed by atoms with E-state index in [1.165, 1.54) is 70.9 Å². The van der Waals surface area contributed by atoms with Gasteiger partial charge in [-0.25, -0.2) is 0 Å². The highest BCUT2D eigenvalue weighted by Gasteiger charge is 2.34. The Labute approximate surface area is 107 Å². The number of likely N-dealkylation sites (tertiary alicyclic amines) is 1. The van der Waals surface area contributed by atoms with Gasteiger partial charge in [0, 0.05) is 12.6 Å². The van der Waals surface area contributed by atoms with E-state index < -0.39 is 0 Å². The molecule has 2 nitrogen and oxygen atoms in total. The summed E-state index contributed by atoms with van der Waals surface area (Å²) in [5.41, 5.74) is 6.60. The number of hydrogen-bond donors (Lipinski definition) is 1. The fourth-order valence-electron chi connectivity index (χ4n) is 3.90. The third kappa shape index (κ3) is 3.23. The second-order valence-corrected chi connectivity index (χ2v) is 6.29. The molecule has 2 aliphatic rings. The molecule has 0 bridgehead atoms. The molecule has 0 aromatic carbocycles. The quantitative estimate of drug-likeness (QED) is 0.762. The Hall–Kier alpha value is -0.0800. The van der Waals surface area contributed by atoms with Gasteiger partial charge in [0.1, 0.15) is 0 Å². The van der Waals surface area contributed by atoms with Crippen LogP contribution in [0.2, 0.25) is 0 Å². The molecule has 1 saturated carbocycles. The van der Waals surface area contributed by atoms with Gasteiger partial charge in [-0.2, -0.15) is 0 Å². The first kappa shape index (κ1) is 13.4. The summed E-state index contributed by atoms with van der Waals surface area (Å²) in [5, 5.41) is 0. The third-order valence-corrected chi connectivity index (χ3v) is 5.11. The predicted molar refractivity (Wildman–Crippen MR) is 74.1 cm³/mol. The largest absolute Gasteiger partial charge is 0.330 e. The highest BCUT2D eigenvalue weighted by atomic mass is 15.2. The number of rotatable bonds is 4. The summed E-state index contributed by atoms with van der Waals surface area (Å²) >= 11 is 0. The van der Waals surface area contributed by atoms with E-state index in [1.807, 2.05) is 0 Å². The molecule has 0 aromatic heterocycles. The minimum atomic E-state index is 0.453. The molecule has 0 radical (unpaired) electrons. The molecule has 100 valence electrons. The summed E-state index contributed by atoms with van der Waals surface area (Å²) in [6, 6.07) is 0.849. The van der Waals surface area contributed by atoms with Gasteiger partial charge in [0.05, 0.1) is 0 Å². The molecule has 1 aliphatic heterocycles. The zero-order valence-electron chi connectivity index (χ0n) is 11.6. The van der Waals surface area contributed by atoms with Gasteiger partial charge < -0.3 is 5.73 Å². The van der Waals surface area contributed by atoms with Gasteiger partial charge in [-0.1, -0.05) is 32.6 Å². The molecule has 1 saturated heterocycles. The first-order valence-electron chi connectivity index (χ1n) is 7.74. The van der Waals surface area contributed by atoms with Crippen LogP contribution in [0.25, 0.3) is 0 Å². The summed E-state index contributed by atoms with van der Waals surface area (Å²) in [6.07, 6.45) is 12.5. The molecule has 17 heavy (non-hydrogen) atoms. The SMILES string of the molecule is CCC1CCCN1CC1(CN)CCCCCC1. The van der Waals surface area contributed by atoms with E-state index in [1.54, 1.807) is 0 Å². The molecule has 2 rings (SSSR count). The van der Waals surface area contributed by atoms with Crippen LogP contribution >= 0.6 is 0 Å². The standard InChI is InChI=1S/C15H30N2/c1-2-14-8-7-11-17(14)13-15(12-16)9-5-3-4-6-10-15/h14H,2-13,16H2,1H3. The van der Waals surface area contributed by atoms with E-state index in [-0.39, 0.29) is 0 Å². The molecule has 1 unspecified atom stereocenters. The van der Waals surface area contributed by atoms with E-state index >= 15 is 0 Å². The van der Waals surface area contributed by atoms with Gasteiger partial charge in [-0.15, -0.1) is 0 Å². The molecule has 0 spiro atoms. The van der Waals surface area contributed by atoms with Crippen molar-refractivity contribution in [2.75, 3.05) is 19.6 Å². The Morgan fingerprint density at radius 2 is 1.82 bits per heavy atom. The number of nitrogens with two attached hydrogens (primary N) is 1. The lowest BCUT2D eigenvalue weighted by molar-refractivity contribution is 0.124. The molecule has 1 aliphatic carbocycles. The first-order chi connectivity index (χ1) is 8.29. The van der Waals surface area contributed by atoms with Crippen LogP contribution in [-0.4, -0.2) is 30.6 Å². The first-order valence-corrected chi connectivity index (χ1v) is 7.74. The summed E-state index contributed by atoms with van der Waals surface area (Å²) in [6.45, 7) is 5.84. The van der Waals surface area contributed by atoms with Crippen LogP contribution in [0.4, 0.5) is 0 Å². The Balaban J connectivity index is 1.97. The fraction of sp³-hybridized carbons (Fsp3) is 1.00. The zero-order chi connectivity index (χ0) is 12.1. The Kier molecular flexibility index (Phi) is 4.87. The van der Waals surface area contributed by atoms with Gasteiger partial charge in [0.2, 0.25) is 0 Å². The summed E-state index contributed by atoms with van der Waals surface area (Å²) < 4.78 is 0. The van der Waals surface area contributed by atoms with Gasteiger partial charge in [-0.05, 0) is 50.6 Å². The minimum absolute atomic E-state index is 0.453. The lowest BCUT2D eigenvalue weighted by atomic mass is 9.79. The summed E-state index contributed by atoms with van der Waals surface area (Å²) in [7, 11) is 0. The molecular formula is C15H30N2. The molecule has 2 fully saturated rings. The van der Waals surface area contributed by atoms with Crippen LogP contribution in [-0.2, 0) is 0 Å². The Morgan fingerprint density at radius 1 is 1.12 bits per heavy atom. The van der Waals surface area contributed by atoms with Crippen molar-refractivity contribution in [2.24, 2.45) is 11.1 Å². The third-order valence-electron chi connectivity index (χ3n) is 5.11. The van der Waals surface area contributed by atoms with Crippen molar-refractivity contribution in [3.63, 3.8) is 0 Å². The highest BCUT2D eigenvalue weighted by molar-refractivity contribution is 4.89. The lowest BCUT2D eigenvalue weighted by Crippen LogP contribution is -2.44. The Bertz CT molecular complexity index is 219. The zero-order valence-corrected chi connectivity index (χ0v) is 11.6. The maximum Gasteiger partial charge on any atom is 0.00933 e. The summed E-state index contributed by atoms with van der Waals surface area (Å²) in [4.78, 5) is 2.75. The van der Waals surface area contributed by atoms with Gasteiger partial charge in [0.25, 0.3) is 0 Å². The van der Waals surface area contributed by atoms with Crippen molar-refractivity contribution in [1.82, 2.24) is 4.90 Å². The highest BCUT2D eigenvalue weighted by Crippen LogP contribution is 2.36. The smallest absolute Gasteiger partial charge is 0.00933 e. The van der Waals surface area contributed by atoms with E-state index in [0.29, 0.717) is 5.41 Å². The van der Waals surface area contributed by atoms with Crippen molar-refractivity contribution in [2.45, 2.75) is 70.8 Å². The molecule has 1 atom stereocenters. The fourth-order valence-corrected chi connectivity index (χ4v) is 3.90. The second-order valence-electron chi connectivity index (χ2n) is 6.29. The van der Waals surface area contributed by atoms with Gasteiger partial charge in [-0.3, -0.25) is 4.90 Å². The lowest BCUT2D eigenvalue weighted by Gasteiger charge is -2.38. The molecule has 2 N–H and O–H groups in total. The summed E-state index contributed by atoms with van der Waals surface area (Å²) in [5.74, 6) is 0. The van der Waals surface area contributed by atoms with Gasteiger partial charge in [0.15, 0.2) is 0 Å².